The number of ether oxygens (including phenoxy) is 1. The van der Waals surface area contributed by atoms with Gasteiger partial charge in [0, 0.05) is 17.0 Å². The van der Waals surface area contributed by atoms with E-state index in [0.717, 1.165) is 46.9 Å². The van der Waals surface area contributed by atoms with Gasteiger partial charge in [0.15, 0.2) is 0 Å². The minimum Gasteiger partial charge on any atom is -0.450 e. The number of thiophene rings is 1. The lowest BCUT2D eigenvalue weighted by atomic mass is 10.0. The maximum absolute atomic E-state index is 13.1. The van der Waals surface area contributed by atoms with Crippen LogP contribution >= 0.6 is 34.0 Å². The standard InChI is InChI=1S/C23H22N4O3S3/c1-4-30-23(29)27-10-9-14-17(11-27)33-22(26-20(28)19-12(2)24-13(3)31-19)18(14)21-25-15-7-5-6-8-16(15)32-21/h5-8H,4,9-11H2,1-3H3,(H,26,28). The number of carbonyl (C=O) groups excluding carboxylic acids is 2. The quantitative estimate of drug-likeness (QED) is 0.381. The van der Waals surface area contributed by atoms with Crippen LogP contribution in [0.2, 0.25) is 0 Å². The van der Waals surface area contributed by atoms with Crippen LogP contribution in [0.5, 0.6) is 0 Å². The topological polar surface area (TPSA) is 84.4 Å². The number of amides is 2. The number of fused-ring (bicyclic) bond motifs is 2. The van der Waals surface area contributed by atoms with Crippen molar-refractivity contribution in [1.82, 2.24) is 14.9 Å². The van der Waals surface area contributed by atoms with Crippen molar-refractivity contribution in [2.45, 2.75) is 33.7 Å². The predicted octanol–water partition coefficient (Wildman–Crippen LogP) is 5.87. The van der Waals surface area contributed by atoms with E-state index in [-0.39, 0.29) is 12.0 Å². The minimum absolute atomic E-state index is 0.165. The van der Waals surface area contributed by atoms with Gasteiger partial charge in [0.25, 0.3) is 5.91 Å². The van der Waals surface area contributed by atoms with Gasteiger partial charge < -0.3 is 15.0 Å². The molecular formula is C23H22N4O3S3. The Labute approximate surface area is 203 Å². The number of benzene rings is 1. The number of anilines is 1. The van der Waals surface area contributed by atoms with Gasteiger partial charge in [-0.15, -0.1) is 34.0 Å². The number of aromatic nitrogens is 2. The molecule has 3 aromatic heterocycles. The number of thiazole rings is 2. The molecule has 2 amide bonds. The van der Waals surface area contributed by atoms with Crippen LogP contribution in [0.25, 0.3) is 20.8 Å². The van der Waals surface area contributed by atoms with Gasteiger partial charge in [0.1, 0.15) is 14.9 Å². The van der Waals surface area contributed by atoms with Gasteiger partial charge in [-0.25, -0.2) is 14.8 Å². The van der Waals surface area contributed by atoms with E-state index < -0.39 is 0 Å². The molecule has 0 atom stereocenters. The molecule has 33 heavy (non-hydrogen) atoms. The van der Waals surface area contributed by atoms with Gasteiger partial charge in [-0.05, 0) is 44.9 Å². The number of para-hydroxylation sites is 1. The van der Waals surface area contributed by atoms with E-state index in [1.807, 2.05) is 32.0 Å². The Hall–Kier alpha value is -2.82. The molecule has 1 N–H and O–H groups in total. The summed E-state index contributed by atoms with van der Waals surface area (Å²) >= 11 is 4.52. The highest BCUT2D eigenvalue weighted by Crippen LogP contribution is 2.46. The Balaban J connectivity index is 1.56. The lowest BCUT2D eigenvalue weighted by molar-refractivity contribution is 0.102. The summed E-state index contributed by atoms with van der Waals surface area (Å²) in [5.41, 5.74) is 3.78. The summed E-state index contributed by atoms with van der Waals surface area (Å²) < 4.78 is 6.30. The van der Waals surface area contributed by atoms with Crippen LogP contribution in [-0.4, -0.2) is 40.0 Å². The van der Waals surface area contributed by atoms with Crippen LogP contribution in [0.4, 0.5) is 9.80 Å². The van der Waals surface area contributed by atoms with Gasteiger partial charge in [0.05, 0.1) is 34.1 Å². The highest BCUT2D eigenvalue weighted by Gasteiger charge is 2.30. The zero-order valence-electron chi connectivity index (χ0n) is 18.4. The van der Waals surface area contributed by atoms with Crippen molar-refractivity contribution in [1.29, 1.82) is 0 Å². The minimum atomic E-state index is -0.306. The number of nitrogens with zero attached hydrogens (tertiary/aromatic N) is 3. The Bertz CT molecular complexity index is 1340. The number of hydrogen-bond donors (Lipinski definition) is 1. The third kappa shape index (κ3) is 4.14. The molecule has 0 unspecified atom stereocenters. The van der Waals surface area contributed by atoms with Crippen molar-refractivity contribution in [2.75, 3.05) is 18.5 Å². The molecule has 10 heteroatoms. The normalized spacial score (nSPS) is 13.2. The highest BCUT2D eigenvalue weighted by atomic mass is 32.1. The van der Waals surface area contributed by atoms with Crippen molar-refractivity contribution in [2.24, 2.45) is 0 Å². The summed E-state index contributed by atoms with van der Waals surface area (Å²) in [5.74, 6) is -0.165. The third-order valence-electron chi connectivity index (χ3n) is 5.43. The highest BCUT2D eigenvalue weighted by molar-refractivity contribution is 7.23. The molecule has 0 aliphatic carbocycles. The predicted molar refractivity (Wildman–Crippen MR) is 134 cm³/mol. The van der Waals surface area contributed by atoms with Gasteiger partial charge in [-0.1, -0.05) is 12.1 Å². The van der Waals surface area contributed by atoms with E-state index in [1.54, 1.807) is 23.2 Å². The molecular weight excluding hydrogens is 476 g/mol. The van der Waals surface area contributed by atoms with Crippen molar-refractivity contribution >= 4 is 61.2 Å². The third-order valence-corrected chi connectivity index (χ3v) is 8.69. The SMILES string of the molecule is CCOC(=O)N1CCc2c(sc(NC(=O)c3sc(C)nc3C)c2-c2nc3ccccc3s2)C1. The maximum atomic E-state index is 13.1. The molecule has 0 bridgehead atoms. The van der Waals surface area contributed by atoms with Crippen LogP contribution < -0.4 is 5.32 Å². The summed E-state index contributed by atoms with van der Waals surface area (Å²) in [6.45, 7) is 6.93. The molecule has 0 radical (unpaired) electrons. The molecule has 170 valence electrons. The van der Waals surface area contributed by atoms with Crippen LogP contribution in [0, 0.1) is 13.8 Å². The molecule has 0 saturated carbocycles. The number of carbonyl (C=O) groups is 2. The number of aryl methyl sites for hydroxylation is 2. The van der Waals surface area contributed by atoms with E-state index in [2.05, 4.69) is 16.4 Å². The second-order valence-electron chi connectivity index (χ2n) is 7.67. The summed E-state index contributed by atoms with van der Waals surface area (Å²) in [6, 6.07) is 8.03. The van der Waals surface area contributed by atoms with Crippen LogP contribution in [0.15, 0.2) is 24.3 Å². The summed E-state index contributed by atoms with van der Waals surface area (Å²) in [5, 5.41) is 5.64. The summed E-state index contributed by atoms with van der Waals surface area (Å²) in [4.78, 5) is 38.1. The first kappa shape index (κ1) is 22.0. The molecule has 1 aromatic carbocycles. The van der Waals surface area contributed by atoms with Gasteiger partial charge in [0.2, 0.25) is 0 Å². The Morgan fingerprint density at radius 1 is 1.15 bits per heavy atom. The van der Waals surface area contributed by atoms with Crippen molar-refractivity contribution in [3.8, 4) is 10.6 Å². The number of rotatable bonds is 4. The molecule has 4 aromatic rings. The molecule has 7 nitrogen and oxygen atoms in total. The van der Waals surface area contributed by atoms with Crippen molar-refractivity contribution in [3.05, 3.63) is 50.3 Å². The van der Waals surface area contributed by atoms with Gasteiger partial charge in [-0.2, -0.15) is 0 Å². The first-order valence-corrected chi connectivity index (χ1v) is 13.1. The number of hydrogen-bond acceptors (Lipinski definition) is 8. The second-order valence-corrected chi connectivity index (χ2v) is 11.0. The fourth-order valence-electron chi connectivity index (χ4n) is 3.97. The van der Waals surface area contributed by atoms with Crippen LogP contribution in [0.1, 0.15) is 37.7 Å². The van der Waals surface area contributed by atoms with E-state index in [0.29, 0.717) is 31.0 Å². The van der Waals surface area contributed by atoms with Crippen molar-refractivity contribution < 1.29 is 14.3 Å². The Morgan fingerprint density at radius 3 is 2.70 bits per heavy atom. The van der Waals surface area contributed by atoms with E-state index in [9.17, 15) is 9.59 Å². The Morgan fingerprint density at radius 2 is 1.97 bits per heavy atom. The lowest BCUT2D eigenvalue weighted by Crippen LogP contribution is -2.35. The molecule has 4 heterocycles. The monoisotopic (exact) mass is 498 g/mol. The first-order valence-electron chi connectivity index (χ1n) is 10.6. The van der Waals surface area contributed by atoms with Gasteiger partial charge in [-0.3, -0.25) is 4.79 Å². The fraction of sp³-hybridized carbons (Fsp3) is 0.304. The molecule has 0 fully saturated rings. The summed E-state index contributed by atoms with van der Waals surface area (Å²) in [7, 11) is 0. The van der Waals surface area contributed by atoms with Crippen LogP contribution in [-0.2, 0) is 17.7 Å². The smallest absolute Gasteiger partial charge is 0.410 e. The zero-order valence-corrected chi connectivity index (χ0v) is 20.9. The van der Waals surface area contributed by atoms with Crippen LogP contribution in [0.3, 0.4) is 0 Å². The molecule has 1 aliphatic heterocycles. The molecule has 0 saturated heterocycles. The lowest BCUT2D eigenvalue weighted by Gasteiger charge is -2.26. The van der Waals surface area contributed by atoms with Crippen molar-refractivity contribution in [3.63, 3.8) is 0 Å². The van der Waals surface area contributed by atoms with E-state index in [1.165, 1.54) is 22.7 Å². The molecule has 5 rings (SSSR count). The largest absolute Gasteiger partial charge is 0.450 e. The second kappa shape index (κ2) is 8.85. The Kier molecular flexibility index (Phi) is 5.90. The van der Waals surface area contributed by atoms with E-state index in [4.69, 9.17) is 9.72 Å². The maximum Gasteiger partial charge on any atom is 0.410 e. The first-order chi connectivity index (χ1) is 15.9. The zero-order chi connectivity index (χ0) is 23.1. The van der Waals surface area contributed by atoms with Gasteiger partial charge >= 0.3 is 6.09 Å². The molecule has 1 aliphatic rings. The van der Waals surface area contributed by atoms with E-state index >= 15 is 0 Å². The molecule has 0 spiro atoms. The fourth-order valence-corrected chi connectivity index (χ4v) is 7.15. The average molecular weight is 499 g/mol. The summed E-state index contributed by atoms with van der Waals surface area (Å²) in [6.07, 6.45) is 0.379. The number of nitrogens with one attached hydrogen (secondary N) is 1. The average Bonchev–Trinajstić information content (AvgIpc) is 3.46.